The van der Waals surface area contributed by atoms with Gasteiger partial charge < -0.3 is 24.6 Å². The number of rotatable bonds is 5. The Hall–Kier alpha value is -1.64. The summed E-state index contributed by atoms with van der Waals surface area (Å²) in [7, 11) is 0. The molecule has 0 spiro atoms. The van der Waals surface area contributed by atoms with Crippen molar-refractivity contribution in [1.29, 1.82) is 0 Å². The van der Waals surface area contributed by atoms with Crippen LogP contribution in [0.4, 0.5) is 4.79 Å². The molecule has 4 saturated carbocycles. The minimum absolute atomic E-state index is 0.0269. The normalized spacial score (nSPS) is 44.9. The standard InChI is InChI=1S/C30H45N2O6/c1-28-8-5-22(38-27(34)31-11-12-32-13-15-36-16-14-32)18-21(28)3-4-25-24(28)6-9-29(2)23(7-10-30(25,29)35)20-17-26(33)37-19-20/h7,17,21-25,35H,3-6,8-16,18-19H2,1-2H3,(H,31,34)/t21-,22+,23-,24+,25-,28+,29-,30+/m1/s1. The zero-order valence-electron chi connectivity index (χ0n) is 23.1. The second-order valence-corrected chi connectivity index (χ2v) is 13.3. The smallest absolute Gasteiger partial charge is 0.407 e. The van der Waals surface area contributed by atoms with E-state index in [1.54, 1.807) is 6.08 Å². The summed E-state index contributed by atoms with van der Waals surface area (Å²) in [5.41, 5.74) is 0.204. The molecule has 0 aromatic carbocycles. The molecule has 4 aliphatic carbocycles. The molecule has 1 amide bonds. The van der Waals surface area contributed by atoms with E-state index in [1.807, 2.05) is 0 Å². The van der Waals surface area contributed by atoms with Crippen LogP contribution in [0.2, 0.25) is 0 Å². The van der Waals surface area contributed by atoms with E-state index in [-0.39, 0.29) is 40.8 Å². The van der Waals surface area contributed by atoms with Crippen molar-refractivity contribution < 1.29 is 28.9 Å². The maximum Gasteiger partial charge on any atom is 0.407 e. The van der Waals surface area contributed by atoms with Crippen molar-refractivity contribution in [2.24, 2.45) is 34.5 Å². The van der Waals surface area contributed by atoms with Gasteiger partial charge in [0, 0.05) is 37.7 Å². The van der Waals surface area contributed by atoms with Crippen LogP contribution in [0.5, 0.6) is 0 Å². The van der Waals surface area contributed by atoms with Crippen molar-refractivity contribution in [2.45, 2.75) is 76.9 Å². The van der Waals surface area contributed by atoms with E-state index in [1.165, 1.54) is 0 Å². The SMILES string of the molecule is C[C@]12CC[C@H](OC(=O)NCCN3CCOCC3)C[C@H]1CC[C@@H]1[C@@H]2CC[C@]2(C)[C@@H](C3=CC(=O)OC3)[CH]C[C@]12O. The minimum Gasteiger partial charge on any atom is -0.458 e. The van der Waals surface area contributed by atoms with Crippen molar-refractivity contribution in [3.05, 3.63) is 18.1 Å². The summed E-state index contributed by atoms with van der Waals surface area (Å²) < 4.78 is 16.5. The van der Waals surface area contributed by atoms with Crippen LogP contribution in [0, 0.1) is 40.9 Å². The average molecular weight is 530 g/mol. The highest BCUT2D eigenvalue weighted by atomic mass is 16.6. The Morgan fingerprint density at radius 1 is 1.16 bits per heavy atom. The van der Waals surface area contributed by atoms with Crippen LogP contribution in [0.1, 0.15) is 65.2 Å². The lowest BCUT2D eigenvalue weighted by molar-refractivity contribution is -0.208. The molecule has 8 nitrogen and oxygen atoms in total. The molecule has 6 aliphatic rings. The van der Waals surface area contributed by atoms with Gasteiger partial charge >= 0.3 is 12.1 Å². The molecule has 1 radical (unpaired) electrons. The van der Waals surface area contributed by atoms with Gasteiger partial charge in [-0.3, -0.25) is 4.90 Å². The van der Waals surface area contributed by atoms with Gasteiger partial charge in [0.25, 0.3) is 0 Å². The Morgan fingerprint density at radius 3 is 2.74 bits per heavy atom. The number of fused-ring (bicyclic) bond motifs is 5. The lowest BCUT2D eigenvalue weighted by Gasteiger charge is -2.63. The van der Waals surface area contributed by atoms with Crippen molar-refractivity contribution in [3.63, 3.8) is 0 Å². The summed E-state index contributed by atoms with van der Waals surface area (Å²) in [6.45, 7) is 9.84. The second kappa shape index (κ2) is 10.1. The summed E-state index contributed by atoms with van der Waals surface area (Å²) >= 11 is 0. The highest BCUT2D eigenvalue weighted by Crippen LogP contribution is 2.69. The molecule has 0 unspecified atom stereocenters. The van der Waals surface area contributed by atoms with Crippen LogP contribution in [0.3, 0.4) is 0 Å². The molecule has 211 valence electrons. The van der Waals surface area contributed by atoms with Gasteiger partial charge in [0.05, 0.1) is 18.8 Å². The van der Waals surface area contributed by atoms with Crippen molar-refractivity contribution >= 4 is 12.1 Å². The molecule has 8 atom stereocenters. The minimum atomic E-state index is -0.741. The number of aliphatic hydroxyl groups is 1. The molecule has 0 bridgehead atoms. The summed E-state index contributed by atoms with van der Waals surface area (Å²) in [5, 5.41) is 15.3. The number of hydrogen-bond donors (Lipinski definition) is 2. The van der Waals surface area contributed by atoms with E-state index >= 15 is 0 Å². The first-order valence-electron chi connectivity index (χ1n) is 14.9. The van der Waals surface area contributed by atoms with Crippen molar-refractivity contribution in [1.82, 2.24) is 10.2 Å². The molecule has 2 aliphatic heterocycles. The Balaban J connectivity index is 1.06. The number of alkyl carbamates (subject to hydrolysis) is 1. The fourth-order valence-electron chi connectivity index (χ4n) is 9.49. The number of amides is 1. The monoisotopic (exact) mass is 529 g/mol. The third-order valence-corrected chi connectivity index (χ3v) is 11.7. The van der Waals surface area contributed by atoms with Crippen LogP contribution < -0.4 is 5.32 Å². The summed E-state index contributed by atoms with van der Waals surface area (Å²) in [6, 6.07) is 0. The zero-order chi connectivity index (χ0) is 26.5. The molecule has 1 saturated heterocycles. The Labute approximate surface area is 226 Å². The number of nitrogens with one attached hydrogen (secondary N) is 1. The van der Waals surface area contributed by atoms with Gasteiger partial charge in [-0.15, -0.1) is 0 Å². The van der Waals surface area contributed by atoms with E-state index in [0.717, 1.165) is 83.4 Å². The lowest BCUT2D eigenvalue weighted by atomic mass is 9.43. The van der Waals surface area contributed by atoms with E-state index < -0.39 is 5.60 Å². The maximum atomic E-state index is 12.5. The predicted molar refractivity (Wildman–Crippen MR) is 141 cm³/mol. The number of hydrogen-bond acceptors (Lipinski definition) is 7. The Bertz CT molecular complexity index is 964. The van der Waals surface area contributed by atoms with E-state index in [9.17, 15) is 14.7 Å². The number of ether oxygens (including phenoxy) is 3. The van der Waals surface area contributed by atoms with E-state index in [2.05, 4.69) is 30.5 Å². The third kappa shape index (κ3) is 4.39. The highest BCUT2D eigenvalue weighted by Gasteiger charge is 2.67. The van der Waals surface area contributed by atoms with Gasteiger partial charge in [-0.05, 0) is 92.4 Å². The molecule has 5 fully saturated rings. The molecule has 0 aromatic heterocycles. The topological polar surface area (TPSA) is 97.3 Å². The first kappa shape index (κ1) is 26.6. The van der Waals surface area contributed by atoms with Crippen LogP contribution in [0.25, 0.3) is 0 Å². The van der Waals surface area contributed by atoms with Gasteiger partial charge in [0.2, 0.25) is 0 Å². The number of carbonyl (C=O) groups excluding carboxylic acids is 2. The van der Waals surface area contributed by atoms with Crippen LogP contribution in [0.15, 0.2) is 11.6 Å². The zero-order valence-corrected chi connectivity index (χ0v) is 23.1. The fraction of sp³-hybridized carbons (Fsp3) is 0.833. The summed E-state index contributed by atoms with van der Waals surface area (Å²) in [5.74, 6) is 1.12. The number of morpholine rings is 1. The third-order valence-electron chi connectivity index (χ3n) is 11.7. The van der Waals surface area contributed by atoms with Crippen molar-refractivity contribution in [3.8, 4) is 0 Å². The first-order chi connectivity index (χ1) is 18.2. The summed E-state index contributed by atoms with van der Waals surface area (Å²) in [4.78, 5) is 26.6. The maximum absolute atomic E-state index is 12.5. The number of esters is 1. The lowest BCUT2D eigenvalue weighted by Crippen LogP contribution is -2.62. The Morgan fingerprint density at radius 2 is 1.97 bits per heavy atom. The van der Waals surface area contributed by atoms with E-state index in [4.69, 9.17) is 14.2 Å². The molecular formula is C30H45N2O6. The molecule has 2 N–H and O–H groups in total. The number of nitrogens with zero attached hydrogens (tertiary/aromatic N) is 1. The molecule has 6 rings (SSSR count). The molecular weight excluding hydrogens is 484 g/mol. The van der Waals surface area contributed by atoms with Gasteiger partial charge in [-0.25, -0.2) is 9.59 Å². The largest absolute Gasteiger partial charge is 0.458 e. The Kier molecular flexibility index (Phi) is 7.05. The predicted octanol–water partition coefficient (Wildman–Crippen LogP) is 3.48. The van der Waals surface area contributed by atoms with Crippen LogP contribution in [-0.4, -0.2) is 79.8 Å². The van der Waals surface area contributed by atoms with Crippen molar-refractivity contribution in [2.75, 3.05) is 46.0 Å². The quantitative estimate of drug-likeness (QED) is 0.526. The first-order valence-corrected chi connectivity index (χ1v) is 14.9. The molecule has 8 heteroatoms. The second-order valence-electron chi connectivity index (χ2n) is 13.3. The average Bonchev–Trinajstić information content (AvgIpc) is 3.44. The molecule has 0 aromatic rings. The van der Waals surface area contributed by atoms with Gasteiger partial charge in [0.1, 0.15) is 12.7 Å². The number of carbonyl (C=O) groups is 2. The van der Waals surface area contributed by atoms with Gasteiger partial charge in [0.15, 0.2) is 0 Å². The molecule has 38 heavy (non-hydrogen) atoms. The summed E-state index contributed by atoms with van der Waals surface area (Å²) in [6.07, 6.45) is 11.3. The molecule has 2 heterocycles. The van der Waals surface area contributed by atoms with Crippen LogP contribution in [-0.2, 0) is 19.0 Å². The highest BCUT2D eigenvalue weighted by molar-refractivity contribution is 5.85. The van der Waals surface area contributed by atoms with Crippen LogP contribution >= 0.6 is 0 Å². The van der Waals surface area contributed by atoms with Gasteiger partial charge in [-0.2, -0.15) is 0 Å². The fourth-order valence-corrected chi connectivity index (χ4v) is 9.49. The number of cyclic esters (lactones) is 1. The van der Waals surface area contributed by atoms with Gasteiger partial charge in [-0.1, -0.05) is 13.8 Å². The van der Waals surface area contributed by atoms with E-state index in [0.29, 0.717) is 31.4 Å².